The van der Waals surface area contributed by atoms with Crippen LogP contribution in [0.25, 0.3) is 0 Å². The smallest absolute Gasteiger partial charge is 0.269 e. The van der Waals surface area contributed by atoms with Crippen molar-refractivity contribution in [2.45, 2.75) is 9.79 Å². The van der Waals surface area contributed by atoms with E-state index in [4.69, 9.17) is 21.6 Å². The Morgan fingerprint density at radius 2 is 1.67 bits per heavy atom. The highest BCUT2D eigenvalue weighted by Gasteiger charge is 2.28. The molecule has 0 atom stereocenters. The van der Waals surface area contributed by atoms with E-state index in [0.29, 0.717) is 16.3 Å². The summed E-state index contributed by atoms with van der Waals surface area (Å²) >= 11 is 7.77. The quantitative estimate of drug-likeness (QED) is 0.597. The first kappa shape index (κ1) is 17.5. The van der Waals surface area contributed by atoms with Crippen LogP contribution in [0.2, 0.25) is 5.02 Å². The molecule has 0 saturated heterocycles. The predicted octanol–water partition coefficient (Wildman–Crippen LogP) is 5.42. The molecule has 3 aromatic rings. The Kier molecular flexibility index (Phi) is 4.76. The maximum absolute atomic E-state index is 13.0. The fraction of sp³-hybridized carbons (Fsp3) is 0.0476. The summed E-state index contributed by atoms with van der Waals surface area (Å²) in [6.07, 6.45) is 0. The van der Waals surface area contributed by atoms with E-state index in [0.717, 1.165) is 21.2 Å². The summed E-state index contributed by atoms with van der Waals surface area (Å²) < 4.78 is 5.64. The summed E-state index contributed by atoms with van der Waals surface area (Å²) in [6.45, 7) is -0.168. The molecule has 0 saturated carbocycles. The number of hydrogen-bond acceptors (Lipinski definition) is 4. The standard InChI is InChI=1S/C21H13ClN2O2S/c22-15-11-14(12-23)9-10-18(15)26-13-21(25)24-16-5-1-3-7-19(16)27-20-8-4-2-6-17(20)24/h1-11H,13H2. The van der Waals surface area contributed by atoms with Gasteiger partial charge in [-0.2, -0.15) is 5.26 Å². The summed E-state index contributed by atoms with van der Waals surface area (Å²) in [6, 6.07) is 22.3. The third-order valence-electron chi connectivity index (χ3n) is 4.09. The van der Waals surface area contributed by atoms with E-state index in [-0.39, 0.29) is 12.5 Å². The molecule has 3 aromatic carbocycles. The maximum Gasteiger partial charge on any atom is 0.269 e. The maximum atomic E-state index is 13.0. The van der Waals surface area contributed by atoms with Gasteiger partial charge in [0.1, 0.15) is 5.75 Å². The van der Waals surface area contributed by atoms with Crippen LogP contribution < -0.4 is 9.64 Å². The first-order chi connectivity index (χ1) is 13.2. The van der Waals surface area contributed by atoms with Gasteiger partial charge in [0.15, 0.2) is 6.61 Å². The van der Waals surface area contributed by atoms with Crippen LogP contribution in [0.3, 0.4) is 0 Å². The minimum atomic E-state index is -0.198. The number of benzene rings is 3. The number of nitriles is 1. The highest BCUT2D eigenvalue weighted by molar-refractivity contribution is 7.99. The molecule has 0 bridgehead atoms. The van der Waals surface area contributed by atoms with Gasteiger partial charge in [-0.3, -0.25) is 9.69 Å². The van der Waals surface area contributed by atoms with Gasteiger partial charge in [-0.15, -0.1) is 0 Å². The fourth-order valence-corrected chi connectivity index (χ4v) is 4.16. The lowest BCUT2D eigenvalue weighted by molar-refractivity contribution is -0.119. The van der Waals surface area contributed by atoms with Gasteiger partial charge >= 0.3 is 0 Å². The molecule has 1 aliphatic heterocycles. The van der Waals surface area contributed by atoms with Gasteiger partial charge in [-0.1, -0.05) is 47.6 Å². The number of para-hydroxylation sites is 2. The van der Waals surface area contributed by atoms with E-state index in [2.05, 4.69) is 0 Å². The van der Waals surface area contributed by atoms with Crippen molar-refractivity contribution in [2.75, 3.05) is 11.5 Å². The molecule has 1 amide bonds. The lowest BCUT2D eigenvalue weighted by Crippen LogP contribution is -2.32. The normalized spacial score (nSPS) is 11.9. The predicted molar refractivity (Wildman–Crippen MR) is 106 cm³/mol. The molecule has 1 aliphatic rings. The summed E-state index contributed by atoms with van der Waals surface area (Å²) in [7, 11) is 0. The van der Waals surface area contributed by atoms with Crippen molar-refractivity contribution in [2.24, 2.45) is 0 Å². The number of halogens is 1. The lowest BCUT2D eigenvalue weighted by atomic mass is 10.2. The Balaban J connectivity index is 1.62. The molecule has 6 heteroatoms. The van der Waals surface area contributed by atoms with Crippen LogP contribution in [0.15, 0.2) is 76.5 Å². The number of fused-ring (bicyclic) bond motifs is 2. The number of anilines is 2. The highest BCUT2D eigenvalue weighted by Crippen LogP contribution is 2.47. The zero-order valence-corrected chi connectivity index (χ0v) is 15.6. The number of nitrogens with zero attached hydrogens (tertiary/aromatic N) is 2. The monoisotopic (exact) mass is 392 g/mol. The van der Waals surface area contributed by atoms with Crippen LogP contribution in [0.5, 0.6) is 5.75 Å². The third-order valence-corrected chi connectivity index (χ3v) is 5.52. The van der Waals surface area contributed by atoms with Gasteiger partial charge in [0, 0.05) is 9.79 Å². The van der Waals surface area contributed by atoms with Gasteiger partial charge in [0.25, 0.3) is 5.91 Å². The minimum Gasteiger partial charge on any atom is -0.482 e. The summed E-state index contributed by atoms with van der Waals surface area (Å²) in [5, 5.41) is 9.22. The second kappa shape index (κ2) is 7.36. The number of carbonyl (C=O) groups excluding carboxylic acids is 1. The van der Waals surface area contributed by atoms with E-state index in [1.165, 1.54) is 6.07 Å². The highest BCUT2D eigenvalue weighted by atomic mass is 35.5. The molecule has 0 radical (unpaired) electrons. The van der Waals surface area contributed by atoms with Gasteiger partial charge in [-0.05, 0) is 42.5 Å². The Morgan fingerprint density at radius 3 is 2.26 bits per heavy atom. The van der Waals surface area contributed by atoms with Crippen LogP contribution in [0, 0.1) is 11.3 Å². The van der Waals surface area contributed by atoms with Crippen molar-refractivity contribution < 1.29 is 9.53 Å². The van der Waals surface area contributed by atoms with Crippen LogP contribution in [-0.2, 0) is 4.79 Å². The van der Waals surface area contributed by atoms with Crippen molar-refractivity contribution in [1.29, 1.82) is 5.26 Å². The number of hydrogen-bond donors (Lipinski definition) is 0. The number of rotatable bonds is 3. The SMILES string of the molecule is N#Cc1ccc(OCC(=O)N2c3ccccc3Sc3ccccc32)c(Cl)c1. The molecule has 0 spiro atoms. The van der Waals surface area contributed by atoms with Crippen molar-refractivity contribution in [3.63, 3.8) is 0 Å². The Morgan fingerprint density at radius 1 is 1.04 bits per heavy atom. The summed E-state index contributed by atoms with van der Waals surface area (Å²) in [5.74, 6) is 0.174. The Labute approximate surface area is 165 Å². The lowest BCUT2D eigenvalue weighted by Gasteiger charge is -2.31. The van der Waals surface area contributed by atoms with Gasteiger partial charge in [0.2, 0.25) is 0 Å². The van der Waals surface area contributed by atoms with E-state index >= 15 is 0 Å². The van der Waals surface area contributed by atoms with E-state index in [9.17, 15) is 4.79 Å². The van der Waals surface area contributed by atoms with Gasteiger partial charge < -0.3 is 4.74 Å². The van der Waals surface area contributed by atoms with E-state index in [1.807, 2.05) is 54.6 Å². The van der Waals surface area contributed by atoms with E-state index in [1.54, 1.807) is 28.8 Å². The molecule has 1 heterocycles. The minimum absolute atomic E-state index is 0.168. The fourth-order valence-electron chi connectivity index (χ4n) is 2.86. The molecule has 27 heavy (non-hydrogen) atoms. The average molecular weight is 393 g/mol. The van der Waals surface area contributed by atoms with Crippen molar-refractivity contribution in [3.05, 3.63) is 77.3 Å². The van der Waals surface area contributed by atoms with Crippen molar-refractivity contribution in [1.82, 2.24) is 0 Å². The average Bonchev–Trinajstić information content (AvgIpc) is 2.70. The molecule has 132 valence electrons. The molecule has 0 aliphatic carbocycles. The molecule has 0 aromatic heterocycles. The molecule has 0 fully saturated rings. The molecule has 4 nitrogen and oxygen atoms in total. The summed E-state index contributed by atoms with van der Waals surface area (Å²) in [5.41, 5.74) is 2.11. The van der Waals surface area contributed by atoms with Crippen molar-refractivity contribution >= 4 is 40.6 Å². The molecular weight excluding hydrogens is 380 g/mol. The topological polar surface area (TPSA) is 53.3 Å². The molecule has 0 N–H and O–H groups in total. The second-order valence-corrected chi connectivity index (χ2v) is 7.30. The largest absolute Gasteiger partial charge is 0.482 e. The first-order valence-electron chi connectivity index (χ1n) is 8.18. The Bertz CT molecular complexity index is 1030. The van der Waals surface area contributed by atoms with Crippen LogP contribution in [0.4, 0.5) is 11.4 Å². The number of ether oxygens (including phenoxy) is 1. The van der Waals surface area contributed by atoms with Crippen LogP contribution in [-0.4, -0.2) is 12.5 Å². The van der Waals surface area contributed by atoms with Crippen LogP contribution in [0.1, 0.15) is 5.56 Å². The molecular formula is C21H13ClN2O2S. The number of carbonyl (C=O) groups is 1. The number of amides is 1. The summed E-state index contributed by atoms with van der Waals surface area (Å²) in [4.78, 5) is 16.7. The van der Waals surface area contributed by atoms with Crippen molar-refractivity contribution in [3.8, 4) is 11.8 Å². The van der Waals surface area contributed by atoms with Gasteiger partial charge in [-0.25, -0.2) is 0 Å². The zero-order valence-electron chi connectivity index (χ0n) is 14.1. The van der Waals surface area contributed by atoms with Crippen LogP contribution >= 0.6 is 23.4 Å². The molecule has 0 unspecified atom stereocenters. The van der Waals surface area contributed by atoms with E-state index < -0.39 is 0 Å². The second-order valence-electron chi connectivity index (χ2n) is 5.81. The third kappa shape index (κ3) is 3.37. The zero-order chi connectivity index (χ0) is 18.8. The van der Waals surface area contributed by atoms with Gasteiger partial charge in [0.05, 0.1) is 28.0 Å². The first-order valence-corrected chi connectivity index (χ1v) is 9.38. The molecule has 4 rings (SSSR count). The Hall–Kier alpha value is -2.94.